The van der Waals surface area contributed by atoms with Gasteiger partial charge in [0.25, 0.3) is 5.91 Å². The lowest BCUT2D eigenvalue weighted by Crippen LogP contribution is -2.58. The Morgan fingerprint density at radius 3 is 2.00 bits per heavy atom. The van der Waals surface area contributed by atoms with Gasteiger partial charge < -0.3 is 25.6 Å². The number of nitrogens with two attached hydrogens (primary N) is 1. The van der Waals surface area contributed by atoms with Crippen molar-refractivity contribution in [2.75, 3.05) is 6.61 Å². The third kappa shape index (κ3) is 8.62. The van der Waals surface area contributed by atoms with Crippen LogP contribution in [0.4, 0.5) is 8.78 Å². The molecule has 0 aliphatic rings. The van der Waals surface area contributed by atoms with E-state index in [0.29, 0.717) is 24.5 Å². The molecule has 3 rings (SSSR count). The molecule has 2 unspecified atom stereocenters. The number of benzene rings is 3. The predicted molar refractivity (Wildman–Crippen MR) is 143 cm³/mol. The van der Waals surface area contributed by atoms with Gasteiger partial charge in [0.15, 0.2) is 0 Å². The number of nitrogens with one attached hydrogen (secondary N) is 1. The average Bonchev–Trinajstić information content (AvgIpc) is 2.92. The van der Waals surface area contributed by atoms with Gasteiger partial charge in [-0.25, -0.2) is 0 Å². The lowest BCUT2D eigenvalue weighted by molar-refractivity contribution is -0.167. The minimum atomic E-state index is -4.08. The molecule has 3 aromatic rings. The normalized spacial score (nSPS) is 14.1. The largest absolute Gasteiger partial charge is 0.489 e. The fraction of sp³-hybridized carbons (Fsp3) is 0.367. The molecule has 0 heterocycles. The molecule has 204 valence electrons. The van der Waals surface area contributed by atoms with Crippen molar-refractivity contribution >= 4 is 5.91 Å². The number of hydrogen-bond acceptors (Lipinski definition) is 5. The van der Waals surface area contributed by atoms with Crippen LogP contribution >= 0.6 is 0 Å². The number of rotatable bonds is 14. The van der Waals surface area contributed by atoms with E-state index in [-0.39, 0.29) is 18.9 Å². The number of alkyl halides is 2. The average molecular weight is 527 g/mol. The second kappa shape index (κ2) is 14.0. The van der Waals surface area contributed by atoms with Crippen molar-refractivity contribution in [2.24, 2.45) is 11.7 Å². The van der Waals surface area contributed by atoms with Crippen molar-refractivity contribution in [3.8, 4) is 5.75 Å². The molecule has 1 amide bonds. The standard InChI is InChI=1S/C30H36F2N2O4/c1-21(2)27(20-37-18-23-9-5-3-6-10-23)34-29(36)30(31,32)28(35)26(33)17-22-13-15-25(16-14-22)38-19-24-11-7-4-8-12-24/h3-16,21,26-28,35H,17-20,33H2,1-2H3,(H,34,36)/t26?,27-,28?/m1/s1. The van der Waals surface area contributed by atoms with E-state index in [4.69, 9.17) is 15.2 Å². The molecule has 8 heteroatoms. The quantitative estimate of drug-likeness (QED) is 0.288. The number of carbonyl (C=O) groups excluding carboxylic acids is 1. The van der Waals surface area contributed by atoms with Crippen molar-refractivity contribution in [1.29, 1.82) is 0 Å². The Morgan fingerprint density at radius 2 is 1.45 bits per heavy atom. The van der Waals surface area contributed by atoms with E-state index >= 15 is 0 Å². The van der Waals surface area contributed by atoms with Gasteiger partial charge >= 0.3 is 5.92 Å². The highest BCUT2D eigenvalue weighted by Crippen LogP contribution is 2.24. The summed E-state index contributed by atoms with van der Waals surface area (Å²) in [6.45, 7) is 4.33. The lowest BCUT2D eigenvalue weighted by atomic mass is 9.96. The summed E-state index contributed by atoms with van der Waals surface area (Å²) in [5, 5.41) is 12.7. The van der Waals surface area contributed by atoms with E-state index in [0.717, 1.165) is 11.1 Å². The van der Waals surface area contributed by atoms with Gasteiger partial charge in [-0.1, -0.05) is 86.6 Å². The molecule has 0 bridgehead atoms. The van der Waals surface area contributed by atoms with Crippen LogP contribution in [0.3, 0.4) is 0 Å². The first-order valence-corrected chi connectivity index (χ1v) is 12.7. The van der Waals surface area contributed by atoms with E-state index in [1.165, 1.54) is 0 Å². The summed E-state index contributed by atoms with van der Waals surface area (Å²) in [7, 11) is 0. The van der Waals surface area contributed by atoms with E-state index < -0.39 is 30.0 Å². The fourth-order valence-electron chi connectivity index (χ4n) is 3.79. The lowest BCUT2D eigenvalue weighted by Gasteiger charge is -2.29. The van der Waals surface area contributed by atoms with Crippen LogP contribution in [-0.4, -0.2) is 41.7 Å². The molecule has 0 spiro atoms. The topological polar surface area (TPSA) is 93.8 Å². The molecule has 0 saturated carbocycles. The van der Waals surface area contributed by atoms with Gasteiger partial charge in [0.05, 0.1) is 19.3 Å². The number of ether oxygens (including phenoxy) is 2. The SMILES string of the molecule is CC(C)[C@@H](COCc1ccccc1)NC(=O)C(F)(F)C(O)C(N)Cc1ccc(OCc2ccccc2)cc1. The molecule has 0 aliphatic heterocycles. The maximum Gasteiger partial charge on any atom is 0.351 e. The summed E-state index contributed by atoms with van der Waals surface area (Å²) in [6.07, 6.45) is -2.41. The van der Waals surface area contributed by atoms with Gasteiger partial charge in [-0.2, -0.15) is 8.78 Å². The molecular formula is C30H36F2N2O4. The Bertz CT molecular complexity index is 1110. The minimum absolute atomic E-state index is 0.0448. The molecule has 4 N–H and O–H groups in total. The highest BCUT2D eigenvalue weighted by Gasteiger charge is 2.49. The number of amides is 1. The van der Waals surface area contributed by atoms with E-state index in [9.17, 15) is 18.7 Å². The zero-order valence-corrected chi connectivity index (χ0v) is 21.7. The Balaban J connectivity index is 1.51. The molecule has 0 saturated heterocycles. The minimum Gasteiger partial charge on any atom is -0.489 e. The van der Waals surface area contributed by atoms with Gasteiger partial charge in [-0.3, -0.25) is 4.79 Å². The van der Waals surface area contributed by atoms with Gasteiger partial charge in [0.1, 0.15) is 18.5 Å². The molecular weight excluding hydrogens is 490 g/mol. The third-order valence-corrected chi connectivity index (χ3v) is 6.25. The second-order valence-corrected chi connectivity index (χ2v) is 9.68. The van der Waals surface area contributed by atoms with Crippen molar-refractivity contribution in [2.45, 2.75) is 57.6 Å². The number of hydrogen-bond donors (Lipinski definition) is 3. The monoisotopic (exact) mass is 526 g/mol. The molecule has 3 atom stereocenters. The predicted octanol–water partition coefficient (Wildman–Crippen LogP) is 4.49. The highest BCUT2D eigenvalue weighted by atomic mass is 19.3. The zero-order chi connectivity index (χ0) is 27.5. The molecule has 0 fully saturated rings. The molecule has 3 aromatic carbocycles. The molecule has 0 radical (unpaired) electrons. The fourth-order valence-corrected chi connectivity index (χ4v) is 3.79. The number of carbonyl (C=O) groups is 1. The van der Waals surface area contributed by atoms with Crippen molar-refractivity contribution in [3.63, 3.8) is 0 Å². The van der Waals surface area contributed by atoms with Crippen LogP contribution < -0.4 is 15.8 Å². The van der Waals surface area contributed by atoms with Crippen LogP contribution in [0, 0.1) is 5.92 Å². The highest BCUT2D eigenvalue weighted by molar-refractivity contribution is 5.84. The van der Waals surface area contributed by atoms with Gasteiger partial charge in [0.2, 0.25) is 0 Å². The zero-order valence-electron chi connectivity index (χ0n) is 21.7. The number of aliphatic hydroxyl groups is 1. The summed E-state index contributed by atoms with van der Waals surface area (Å²) in [4.78, 5) is 12.5. The summed E-state index contributed by atoms with van der Waals surface area (Å²) >= 11 is 0. The number of aliphatic hydroxyl groups excluding tert-OH is 1. The smallest absolute Gasteiger partial charge is 0.351 e. The third-order valence-electron chi connectivity index (χ3n) is 6.25. The van der Waals surface area contributed by atoms with E-state index in [1.807, 2.05) is 60.7 Å². The molecule has 0 aromatic heterocycles. The van der Waals surface area contributed by atoms with Crippen molar-refractivity contribution in [3.05, 3.63) is 102 Å². The molecule has 0 aliphatic carbocycles. The van der Waals surface area contributed by atoms with E-state index in [1.54, 1.807) is 38.1 Å². The molecule has 6 nitrogen and oxygen atoms in total. The Morgan fingerprint density at radius 1 is 0.895 bits per heavy atom. The van der Waals surface area contributed by atoms with E-state index in [2.05, 4.69) is 5.32 Å². The van der Waals surface area contributed by atoms with Gasteiger partial charge in [0, 0.05) is 6.04 Å². The van der Waals surface area contributed by atoms with Crippen LogP contribution in [0.2, 0.25) is 0 Å². The Kier molecular flexibility index (Phi) is 10.8. The van der Waals surface area contributed by atoms with Crippen LogP contribution in [0.25, 0.3) is 0 Å². The summed E-state index contributed by atoms with van der Waals surface area (Å²) in [5.41, 5.74) is 8.50. The summed E-state index contributed by atoms with van der Waals surface area (Å²) in [5.74, 6) is -5.21. The van der Waals surface area contributed by atoms with Crippen LogP contribution in [0.15, 0.2) is 84.9 Å². The Hall–Kier alpha value is -3.33. The summed E-state index contributed by atoms with van der Waals surface area (Å²) < 4.78 is 41.2. The van der Waals surface area contributed by atoms with Gasteiger partial charge in [-0.05, 0) is 41.2 Å². The van der Waals surface area contributed by atoms with Crippen molar-refractivity contribution < 1.29 is 28.2 Å². The number of halogens is 2. The van der Waals surface area contributed by atoms with Gasteiger partial charge in [-0.15, -0.1) is 0 Å². The second-order valence-electron chi connectivity index (χ2n) is 9.68. The maximum atomic E-state index is 14.9. The first-order valence-electron chi connectivity index (χ1n) is 12.7. The first kappa shape index (κ1) is 29.2. The Labute approximate surface area is 222 Å². The van der Waals surface area contributed by atoms with Crippen molar-refractivity contribution in [1.82, 2.24) is 5.32 Å². The summed E-state index contributed by atoms with van der Waals surface area (Å²) in [6, 6.07) is 23.9. The van der Waals surface area contributed by atoms with Crippen LogP contribution in [0.1, 0.15) is 30.5 Å². The van der Waals surface area contributed by atoms with Crippen LogP contribution in [0.5, 0.6) is 5.75 Å². The van der Waals surface area contributed by atoms with Crippen LogP contribution in [-0.2, 0) is 29.2 Å². The first-order chi connectivity index (χ1) is 18.2. The maximum absolute atomic E-state index is 14.9. The molecule has 38 heavy (non-hydrogen) atoms.